The maximum Gasteiger partial charge on any atom is 0.223 e. The molecule has 0 radical (unpaired) electrons. The molecule has 1 amide bonds. The number of hydrogen-bond donors (Lipinski definition) is 1. The summed E-state index contributed by atoms with van der Waals surface area (Å²) < 4.78 is 0. The van der Waals surface area contributed by atoms with Crippen molar-refractivity contribution in [3.63, 3.8) is 0 Å². The van der Waals surface area contributed by atoms with Crippen molar-refractivity contribution in [1.29, 1.82) is 0 Å². The zero-order chi connectivity index (χ0) is 14.3. The molecule has 1 aromatic heterocycles. The first kappa shape index (κ1) is 16.2. The van der Waals surface area contributed by atoms with Crippen molar-refractivity contribution in [3.05, 3.63) is 22.4 Å². The molecule has 0 saturated carbocycles. The van der Waals surface area contributed by atoms with Crippen molar-refractivity contribution in [3.8, 4) is 0 Å². The number of rotatable bonds is 8. The van der Waals surface area contributed by atoms with Gasteiger partial charge in [-0.3, -0.25) is 4.79 Å². The van der Waals surface area contributed by atoms with E-state index in [2.05, 4.69) is 32.2 Å². The molecule has 1 atom stereocenters. The monoisotopic (exact) mass is 282 g/mol. The summed E-state index contributed by atoms with van der Waals surface area (Å²) in [4.78, 5) is 15.5. The average molecular weight is 282 g/mol. The van der Waals surface area contributed by atoms with E-state index in [9.17, 15) is 4.79 Å². The number of carbonyl (C=O) groups is 1. The number of thiophene rings is 1. The van der Waals surface area contributed by atoms with Crippen LogP contribution in [-0.2, 0) is 11.3 Å². The Morgan fingerprint density at radius 1 is 1.37 bits per heavy atom. The van der Waals surface area contributed by atoms with Crippen LogP contribution in [0.1, 0.15) is 44.9 Å². The van der Waals surface area contributed by atoms with Gasteiger partial charge >= 0.3 is 0 Å². The minimum atomic E-state index is 0.249. The summed E-state index contributed by atoms with van der Waals surface area (Å²) in [7, 11) is 0. The number of amides is 1. The standard InChI is InChI=1S/C15H26N2OS/c1-12(2)17(11-14-5-4-10-19-14)15(18)7-6-13(3)8-9-16/h4-5,10,12-13H,6-9,11,16H2,1-3H3. The number of carbonyl (C=O) groups excluding carboxylic acids is 1. The Bertz CT molecular complexity index is 362. The molecular weight excluding hydrogens is 256 g/mol. The van der Waals surface area contributed by atoms with E-state index < -0.39 is 0 Å². The van der Waals surface area contributed by atoms with Gasteiger partial charge in [0.1, 0.15) is 0 Å². The first-order valence-electron chi connectivity index (χ1n) is 7.06. The average Bonchev–Trinajstić information content (AvgIpc) is 2.86. The Morgan fingerprint density at radius 3 is 2.63 bits per heavy atom. The van der Waals surface area contributed by atoms with Crippen molar-refractivity contribution in [2.75, 3.05) is 6.54 Å². The zero-order valence-corrected chi connectivity index (χ0v) is 13.1. The lowest BCUT2D eigenvalue weighted by Gasteiger charge is -2.27. The Morgan fingerprint density at radius 2 is 2.11 bits per heavy atom. The molecule has 1 aromatic rings. The van der Waals surface area contributed by atoms with E-state index in [4.69, 9.17) is 5.73 Å². The molecule has 108 valence electrons. The van der Waals surface area contributed by atoms with Gasteiger partial charge in [0.15, 0.2) is 0 Å². The van der Waals surface area contributed by atoms with Gasteiger partial charge in [-0.2, -0.15) is 0 Å². The predicted molar refractivity (Wildman–Crippen MR) is 82.1 cm³/mol. The van der Waals surface area contributed by atoms with Crippen LogP contribution in [0.25, 0.3) is 0 Å². The molecule has 2 N–H and O–H groups in total. The van der Waals surface area contributed by atoms with E-state index in [1.165, 1.54) is 4.88 Å². The highest BCUT2D eigenvalue weighted by Crippen LogP contribution is 2.17. The molecule has 19 heavy (non-hydrogen) atoms. The van der Waals surface area contributed by atoms with Gasteiger partial charge in [0, 0.05) is 17.3 Å². The second-order valence-electron chi connectivity index (χ2n) is 5.42. The lowest BCUT2D eigenvalue weighted by Crippen LogP contribution is -2.36. The van der Waals surface area contributed by atoms with E-state index in [-0.39, 0.29) is 11.9 Å². The van der Waals surface area contributed by atoms with Gasteiger partial charge in [-0.15, -0.1) is 11.3 Å². The van der Waals surface area contributed by atoms with Gasteiger partial charge < -0.3 is 10.6 Å². The Balaban J connectivity index is 2.49. The summed E-state index contributed by atoms with van der Waals surface area (Å²) in [5.74, 6) is 0.789. The Kier molecular flexibility index (Phi) is 7.10. The van der Waals surface area contributed by atoms with Crippen LogP contribution in [0.5, 0.6) is 0 Å². The fourth-order valence-electron chi connectivity index (χ4n) is 2.07. The van der Waals surface area contributed by atoms with Crippen molar-refractivity contribution in [2.45, 2.75) is 52.6 Å². The fraction of sp³-hybridized carbons (Fsp3) is 0.667. The van der Waals surface area contributed by atoms with Crippen LogP contribution < -0.4 is 5.73 Å². The number of hydrogen-bond acceptors (Lipinski definition) is 3. The largest absolute Gasteiger partial charge is 0.335 e. The first-order valence-corrected chi connectivity index (χ1v) is 7.94. The minimum Gasteiger partial charge on any atom is -0.335 e. The smallest absolute Gasteiger partial charge is 0.223 e. The van der Waals surface area contributed by atoms with Gasteiger partial charge in [0.25, 0.3) is 0 Å². The summed E-state index contributed by atoms with van der Waals surface area (Å²) in [6.07, 6.45) is 2.56. The third-order valence-electron chi connectivity index (χ3n) is 3.36. The second kappa shape index (κ2) is 8.33. The molecule has 0 aliphatic heterocycles. The molecule has 0 aliphatic rings. The molecule has 0 aromatic carbocycles. The van der Waals surface area contributed by atoms with E-state index in [1.807, 2.05) is 11.0 Å². The van der Waals surface area contributed by atoms with Crippen LogP contribution in [0, 0.1) is 5.92 Å². The maximum absolute atomic E-state index is 12.3. The van der Waals surface area contributed by atoms with Gasteiger partial charge in [0.05, 0.1) is 6.54 Å². The highest BCUT2D eigenvalue weighted by Gasteiger charge is 2.18. The van der Waals surface area contributed by atoms with Gasteiger partial charge in [-0.05, 0) is 50.6 Å². The van der Waals surface area contributed by atoms with Gasteiger partial charge in [0.2, 0.25) is 5.91 Å². The molecule has 0 spiro atoms. The van der Waals surface area contributed by atoms with E-state index in [0.29, 0.717) is 18.9 Å². The highest BCUT2D eigenvalue weighted by molar-refractivity contribution is 7.09. The van der Waals surface area contributed by atoms with Crippen molar-refractivity contribution < 1.29 is 4.79 Å². The first-order chi connectivity index (χ1) is 9.04. The van der Waals surface area contributed by atoms with E-state index in [1.54, 1.807) is 11.3 Å². The Hall–Kier alpha value is -0.870. The third kappa shape index (κ3) is 5.74. The van der Waals surface area contributed by atoms with E-state index >= 15 is 0 Å². The molecule has 1 unspecified atom stereocenters. The van der Waals surface area contributed by atoms with Crippen LogP contribution in [0.3, 0.4) is 0 Å². The van der Waals surface area contributed by atoms with Crippen LogP contribution in [0.2, 0.25) is 0 Å². The summed E-state index contributed by atoms with van der Waals surface area (Å²) in [5.41, 5.74) is 5.54. The molecular formula is C15H26N2OS. The summed E-state index contributed by atoms with van der Waals surface area (Å²) >= 11 is 1.71. The molecule has 0 bridgehead atoms. The summed E-state index contributed by atoms with van der Waals surface area (Å²) in [5, 5.41) is 2.06. The molecule has 0 aliphatic carbocycles. The maximum atomic E-state index is 12.3. The molecule has 3 nitrogen and oxygen atoms in total. The van der Waals surface area contributed by atoms with Crippen LogP contribution >= 0.6 is 11.3 Å². The predicted octanol–water partition coefficient (Wildman–Crippen LogP) is 3.25. The van der Waals surface area contributed by atoms with Crippen LogP contribution in [0.15, 0.2) is 17.5 Å². The quantitative estimate of drug-likeness (QED) is 0.795. The summed E-state index contributed by atoms with van der Waals surface area (Å²) in [6.45, 7) is 7.76. The number of nitrogens with two attached hydrogens (primary N) is 1. The number of nitrogens with zero attached hydrogens (tertiary/aromatic N) is 1. The van der Waals surface area contributed by atoms with Gasteiger partial charge in [-0.25, -0.2) is 0 Å². The molecule has 0 saturated heterocycles. The normalized spacial score (nSPS) is 12.7. The fourth-order valence-corrected chi connectivity index (χ4v) is 2.77. The summed E-state index contributed by atoms with van der Waals surface area (Å²) in [6, 6.07) is 4.37. The third-order valence-corrected chi connectivity index (χ3v) is 4.22. The minimum absolute atomic E-state index is 0.249. The van der Waals surface area contributed by atoms with Crippen molar-refractivity contribution in [2.24, 2.45) is 11.7 Å². The highest BCUT2D eigenvalue weighted by atomic mass is 32.1. The van der Waals surface area contributed by atoms with Crippen molar-refractivity contribution >= 4 is 17.2 Å². The van der Waals surface area contributed by atoms with E-state index in [0.717, 1.165) is 19.4 Å². The van der Waals surface area contributed by atoms with Gasteiger partial charge in [-0.1, -0.05) is 13.0 Å². The molecule has 1 heterocycles. The lowest BCUT2D eigenvalue weighted by atomic mass is 10.0. The molecule has 1 rings (SSSR count). The lowest BCUT2D eigenvalue weighted by molar-refractivity contribution is -0.133. The SMILES string of the molecule is CC(CCN)CCC(=O)N(Cc1cccs1)C(C)C. The van der Waals surface area contributed by atoms with Crippen LogP contribution in [-0.4, -0.2) is 23.4 Å². The van der Waals surface area contributed by atoms with Crippen molar-refractivity contribution in [1.82, 2.24) is 4.90 Å². The Labute approximate surface area is 120 Å². The topological polar surface area (TPSA) is 46.3 Å². The zero-order valence-electron chi connectivity index (χ0n) is 12.3. The molecule has 4 heteroatoms. The van der Waals surface area contributed by atoms with Crippen LogP contribution in [0.4, 0.5) is 0 Å². The molecule has 0 fully saturated rings. The second-order valence-corrected chi connectivity index (χ2v) is 6.45.